The molecule has 0 saturated heterocycles. The van der Waals surface area contributed by atoms with Crippen molar-refractivity contribution in [1.29, 1.82) is 0 Å². The molecule has 0 aromatic heterocycles. The summed E-state index contributed by atoms with van der Waals surface area (Å²) < 4.78 is 27.4. The zero-order chi connectivity index (χ0) is 14.4. The van der Waals surface area contributed by atoms with Crippen LogP contribution in [0.2, 0.25) is 0 Å². The van der Waals surface area contributed by atoms with Crippen LogP contribution in [0.15, 0.2) is 30.3 Å². The van der Waals surface area contributed by atoms with Crippen molar-refractivity contribution >= 4 is 15.7 Å². The lowest BCUT2D eigenvalue weighted by atomic mass is 9.46. The monoisotopic (exact) mass is 293 g/mol. The van der Waals surface area contributed by atoms with Gasteiger partial charge in [0.25, 0.3) is 0 Å². The molecule has 3 atom stereocenters. The molecular formula is C16H23NO2S. The summed E-state index contributed by atoms with van der Waals surface area (Å²) in [6.45, 7) is 4.60. The Balaban J connectivity index is 1.68. The fraction of sp³-hybridized carbons (Fsp3) is 0.625. The molecule has 110 valence electrons. The number of fused-ring (bicyclic) bond motifs is 2. The minimum absolute atomic E-state index is 0.267. The van der Waals surface area contributed by atoms with E-state index in [9.17, 15) is 8.42 Å². The van der Waals surface area contributed by atoms with Crippen molar-refractivity contribution in [3.63, 3.8) is 0 Å². The first-order valence-electron chi connectivity index (χ1n) is 7.44. The molecule has 0 amide bonds. The second-order valence-corrected chi connectivity index (χ2v) is 8.71. The molecule has 3 nitrogen and oxygen atoms in total. The molecular weight excluding hydrogens is 270 g/mol. The summed E-state index contributed by atoms with van der Waals surface area (Å²) in [7, 11) is -3.24. The van der Waals surface area contributed by atoms with E-state index >= 15 is 0 Å². The van der Waals surface area contributed by atoms with Crippen molar-refractivity contribution in [2.45, 2.75) is 33.1 Å². The van der Waals surface area contributed by atoms with Crippen LogP contribution in [0.25, 0.3) is 0 Å². The molecule has 3 aliphatic carbocycles. The fourth-order valence-electron chi connectivity index (χ4n) is 4.17. The predicted octanol–water partition coefficient (Wildman–Crippen LogP) is 3.50. The minimum Gasteiger partial charge on any atom is -0.284 e. The van der Waals surface area contributed by atoms with Crippen LogP contribution >= 0.6 is 0 Å². The number of sulfonamides is 1. The van der Waals surface area contributed by atoms with Crippen LogP contribution in [0.1, 0.15) is 33.1 Å². The van der Waals surface area contributed by atoms with Crippen LogP contribution in [-0.4, -0.2) is 14.2 Å². The first-order valence-corrected chi connectivity index (χ1v) is 9.09. The highest BCUT2D eigenvalue weighted by atomic mass is 32.2. The average Bonchev–Trinajstić information content (AvgIpc) is 2.38. The number of nitrogens with one attached hydrogen (secondary N) is 1. The fourth-order valence-corrected chi connectivity index (χ4v) is 5.71. The zero-order valence-electron chi connectivity index (χ0n) is 12.2. The molecule has 1 N–H and O–H groups in total. The van der Waals surface area contributed by atoms with Gasteiger partial charge in [0, 0.05) is 5.69 Å². The third kappa shape index (κ3) is 2.46. The molecule has 0 radical (unpaired) electrons. The molecule has 2 bridgehead atoms. The summed E-state index contributed by atoms with van der Waals surface area (Å²) in [5, 5.41) is 0. The van der Waals surface area contributed by atoms with Crippen molar-refractivity contribution in [2.24, 2.45) is 23.2 Å². The van der Waals surface area contributed by atoms with E-state index in [0.29, 0.717) is 22.9 Å². The Bertz CT molecular complexity index is 578. The van der Waals surface area contributed by atoms with Crippen molar-refractivity contribution in [2.75, 3.05) is 10.5 Å². The van der Waals surface area contributed by atoms with E-state index in [0.717, 1.165) is 12.3 Å². The van der Waals surface area contributed by atoms with Gasteiger partial charge >= 0.3 is 0 Å². The first-order chi connectivity index (χ1) is 9.38. The number of hydrogen-bond acceptors (Lipinski definition) is 2. The van der Waals surface area contributed by atoms with Crippen molar-refractivity contribution in [3.05, 3.63) is 30.3 Å². The highest BCUT2D eigenvalue weighted by Crippen LogP contribution is 2.61. The third-order valence-corrected chi connectivity index (χ3v) is 6.90. The molecule has 3 fully saturated rings. The molecule has 0 unspecified atom stereocenters. The lowest BCUT2D eigenvalue weighted by Crippen LogP contribution is -2.53. The number of rotatable bonds is 4. The van der Waals surface area contributed by atoms with Gasteiger partial charge in [-0.3, -0.25) is 4.72 Å². The van der Waals surface area contributed by atoms with Crippen LogP contribution in [0.4, 0.5) is 5.69 Å². The smallest absolute Gasteiger partial charge is 0.233 e. The maximum absolute atomic E-state index is 12.3. The maximum atomic E-state index is 12.3. The van der Waals surface area contributed by atoms with Crippen molar-refractivity contribution in [3.8, 4) is 0 Å². The largest absolute Gasteiger partial charge is 0.284 e. The van der Waals surface area contributed by atoms with Crippen molar-refractivity contribution in [1.82, 2.24) is 0 Å². The van der Waals surface area contributed by atoms with Gasteiger partial charge in [-0.25, -0.2) is 8.42 Å². The van der Waals surface area contributed by atoms with E-state index < -0.39 is 10.0 Å². The summed E-state index contributed by atoms with van der Waals surface area (Å²) in [4.78, 5) is 0. The Hall–Kier alpha value is -1.03. The Labute approximate surface area is 121 Å². The van der Waals surface area contributed by atoms with Gasteiger partial charge in [0.05, 0.1) is 5.75 Å². The molecule has 3 aliphatic rings. The molecule has 1 aromatic rings. The van der Waals surface area contributed by atoms with E-state index in [1.54, 1.807) is 12.1 Å². The summed E-state index contributed by atoms with van der Waals surface area (Å²) in [5.74, 6) is 1.97. The summed E-state index contributed by atoms with van der Waals surface area (Å²) in [6, 6.07) is 9.16. The van der Waals surface area contributed by atoms with E-state index in [2.05, 4.69) is 18.6 Å². The summed E-state index contributed by atoms with van der Waals surface area (Å²) in [5.41, 5.74) is 1.000. The van der Waals surface area contributed by atoms with Gasteiger partial charge in [0.15, 0.2) is 0 Å². The molecule has 20 heavy (non-hydrogen) atoms. The molecule has 1 aromatic carbocycles. The van der Waals surface area contributed by atoms with E-state index in [-0.39, 0.29) is 5.75 Å². The molecule has 0 aliphatic heterocycles. The van der Waals surface area contributed by atoms with E-state index in [1.807, 2.05) is 18.2 Å². The standard InChI is InChI=1S/C16H23NO2S/c1-16(2)13-9-8-12(15(16)10-13)11-20(18,19)17-14-6-4-3-5-7-14/h3-7,12-13,15,17H,8-11H2,1-2H3/t12-,13+,15+/m1/s1. The lowest BCUT2D eigenvalue weighted by Gasteiger charge is -2.60. The van der Waals surface area contributed by atoms with Gasteiger partial charge in [-0.05, 0) is 54.6 Å². The van der Waals surface area contributed by atoms with Crippen LogP contribution in [0.3, 0.4) is 0 Å². The third-order valence-electron chi connectivity index (χ3n) is 5.48. The van der Waals surface area contributed by atoms with Crippen LogP contribution in [0.5, 0.6) is 0 Å². The van der Waals surface area contributed by atoms with Gasteiger partial charge in [-0.1, -0.05) is 32.0 Å². The number of para-hydroxylation sites is 1. The van der Waals surface area contributed by atoms with Gasteiger partial charge < -0.3 is 0 Å². The number of hydrogen-bond donors (Lipinski definition) is 1. The maximum Gasteiger partial charge on any atom is 0.233 e. The van der Waals surface area contributed by atoms with Crippen molar-refractivity contribution < 1.29 is 8.42 Å². The Kier molecular flexibility index (Phi) is 3.32. The second-order valence-electron chi connectivity index (χ2n) is 6.95. The summed E-state index contributed by atoms with van der Waals surface area (Å²) >= 11 is 0. The van der Waals surface area contributed by atoms with Gasteiger partial charge in [-0.2, -0.15) is 0 Å². The topological polar surface area (TPSA) is 46.2 Å². The SMILES string of the molecule is CC1(C)[C@H]2CC[C@H](CS(=O)(=O)Nc3ccccc3)[C@@H]1C2. The Morgan fingerprint density at radius 2 is 1.90 bits per heavy atom. The van der Waals surface area contributed by atoms with Gasteiger partial charge in [0.2, 0.25) is 10.0 Å². The zero-order valence-corrected chi connectivity index (χ0v) is 13.0. The molecule has 0 heterocycles. The second kappa shape index (κ2) is 4.76. The molecule has 0 spiro atoms. The van der Waals surface area contributed by atoms with Crippen LogP contribution in [0, 0.1) is 23.2 Å². The van der Waals surface area contributed by atoms with E-state index in [4.69, 9.17) is 0 Å². The highest BCUT2D eigenvalue weighted by Gasteiger charge is 2.54. The number of benzene rings is 1. The molecule has 3 saturated carbocycles. The number of anilines is 1. The Morgan fingerprint density at radius 3 is 2.50 bits per heavy atom. The van der Waals surface area contributed by atoms with Crippen LogP contribution < -0.4 is 4.72 Å². The average molecular weight is 293 g/mol. The quantitative estimate of drug-likeness (QED) is 0.923. The summed E-state index contributed by atoms with van der Waals surface area (Å²) in [6.07, 6.45) is 3.47. The minimum atomic E-state index is -3.24. The molecule has 4 rings (SSSR count). The van der Waals surface area contributed by atoms with Crippen LogP contribution in [-0.2, 0) is 10.0 Å². The normalized spacial score (nSPS) is 31.4. The Morgan fingerprint density at radius 1 is 1.20 bits per heavy atom. The highest BCUT2D eigenvalue weighted by molar-refractivity contribution is 7.92. The first kappa shape index (κ1) is 13.9. The predicted molar refractivity (Wildman–Crippen MR) is 82.0 cm³/mol. The molecule has 4 heteroatoms. The lowest BCUT2D eigenvalue weighted by molar-refractivity contribution is -0.0977. The van der Waals surface area contributed by atoms with Gasteiger partial charge in [-0.15, -0.1) is 0 Å². The van der Waals surface area contributed by atoms with E-state index in [1.165, 1.54) is 12.8 Å². The van der Waals surface area contributed by atoms with Gasteiger partial charge in [0.1, 0.15) is 0 Å².